The second-order valence-corrected chi connectivity index (χ2v) is 7.28. The predicted octanol–water partition coefficient (Wildman–Crippen LogP) is 2.83. The van der Waals surface area contributed by atoms with Crippen molar-refractivity contribution < 1.29 is 28.3 Å². The van der Waals surface area contributed by atoms with Crippen LogP contribution in [0.1, 0.15) is 25.7 Å². The van der Waals surface area contributed by atoms with E-state index in [1.54, 1.807) is 18.2 Å². The van der Waals surface area contributed by atoms with Gasteiger partial charge in [0.15, 0.2) is 0 Å². The summed E-state index contributed by atoms with van der Waals surface area (Å²) in [6.07, 6.45) is 1.10. The minimum Gasteiger partial charge on any atom is -0.426 e. The van der Waals surface area contributed by atoms with Crippen molar-refractivity contribution in [3.05, 3.63) is 54.3 Å². The lowest BCUT2D eigenvalue weighted by Gasteiger charge is -2.25. The molecule has 30 heavy (non-hydrogen) atoms. The smallest absolute Gasteiger partial charge is 0.316 e. The van der Waals surface area contributed by atoms with E-state index in [1.165, 1.54) is 35.2 Å². The van der Waals surface area contributed by atoms with Gasteiger partial charge in [-0.15, -0.1) is 0 Å². The molecule has 0 spiro atoms. The van der Waals surface area contributed by atoms with Crippen molar-refractivity contribution in [1.82, 2.24) is 0 Å². The van der Waals surface area contributed by atoms with Gasteiger partial charge < -0.3 is 9.64 Å². The molecular weight excluding hydrogens is 391 g/mol. The monoisotopic (exact) mass is 410 g/mol. The SMILES string of the molecule is O=C(Oc1cccc(N2C(=O)CCCC2=O)c1)[C@H]1CC(=O)N(c2ccc(F)cc2)C1. The third-order valence-electron chi connectivity index (χ3n) is 5.17. The molecule has 0 N–H and O–H groups in total. The van der Waals surface area contributed by atoms with Gasteiger partial charge in [0.1, 0.15) is 11.6 Å². The summed E-state index contributed by atoms with van der Waals surface area (Å²) in [5.41, 5.74) is 0.867. The Morgan fingerprint density at radius 2 is 1.63 bits per heavy atom. The average Bonchev–Trinajstić information content (AvgIpc) is 3.11. The van der Waals surface area contributed by atoms with E-state index in [1.807, 2.05) is 0 Å². The lowest BCUT2D eigenvalue weighted by molar-refractivity contribution is -0.139. The van der Waals surface area contributed by atoms with Gasteiger partial charge in [0.25, 0.3) is 0 Å². The van der Waals surface area contributed by atoms with E-state index >= 15 is 0 Å². The van der Waals surface area contributed by atoms with Gasteiger partial charge in [-0.2, -0.15) is 0 Å². The molecule has 0 saturated carbocycles. The zero-order valence-electron chi connectivity index (χ0n) is 16.0. The zero-order chi connectivity index (χ0) is 21.3. The third-order valence-corrected chi connectivity index (χ3v) is 5.17. The molecule has 2 heterocycles. The van der Waals surface area contributed by atoms with Crippen LogP contribution >= 0.6 is 0 Å². The Labute approximate surface area is 172 Å². The fraction of sp³-hybridized carbons (Fsp3) is 0.273. The lowest BCUT2D eigenvalue weighted by Crippen LogP contribution is -2.40. The van der Waals surface area contributed by atoms with Crippen LogP contribution in [0.4, 0.5) is 15.8 Å². The normalized spacial score (nSPS) is 19.4. The summed E-state index contributed by atoms with van der Waals surface area (Å²) in [6.45, 7) is 0.131. The average molecular weight is 410 g/mol. The molecule has 1 atom stereocenters. The molecule has 2 fully saturated rings. The maximum absolute atomic E-state index is 13.1. The molecule has 4 rings (SSSR count). The van der Waals surface area contributed by atoms with Gasteiger partial charge in [-0.25, -0.2) is 4.39 Å². The van der Waals surface area contributed by atoms with Crippen molar-refractivity contribution in [1.29, 1.82) is 0 Å². The summed E-state index contributed by atoms with van der Waals surface area (Å²) in [5, 5.41) is 0. The van der Waals surface area contributed by atoms with Gasteiger partial charge in [0.2, 0.25) is 17.7 Å². The number of carbonyl (C=O) groups excluding carboxylic acids is 4. The van der Waals surface area contributed by atoms with Crippen molar-refractivity contribution in [2.24, 2.45) is 5.92 Å². The minimum absolute atomic E-state index is 0.0149. The minimum atomic E-state index is -0.676. The van der Waals surface area contributed by atoms with Crippen LogP contribution in [-0.2, 0) is 19.2 Å². The van der Waals surface area contributed by atoms with E-state index in [0.717, 1.165) is 4.90 Å². The molecule has 7 nitrogen and oxygen atoms in total. The summed E-state index contributed by atoms with van der Waals surface area (Å²) < 4.78 is 18.5. The lowest BCUT2D eigenvalue weighted by atomic mass is 10.1. The highest BCUT2D eigenvalue weighted by Gasteiger charge is 2.36. The van der Waals surface area contributed by atoms with Crippen LogP contribution in [0.3, 0.4) is 0 Å². The standard InChI is InChI=1S/C22H19FN2O5/c23-15-7-9-16(10-8-15)24-13-14(11-21(24)28)22(29)30-18-4-1-3-17(12-18)25-19(26)5-2-6-20(25)27/h1,3-4,7-10,12,14H,2,5-6,11,13H2/t14-/m0/s1. The predicted molar refractivity (Wildman–Crippen MR) is 105 cm³/mol. The Balaban J connectivity index is 1.45. The van der Waals surface area contributed by atoms with E-state index in [-0.39, 0.29) is 36.4 Å². The summed E-state index contributed by atoms with van der Waals surface area (Å²) in [5.74, 6) is -2.30. The zero-order valence-corrected chi connectivity index (χ0v) is 16.0. The number of benzene rings is 2. The first-order valence-corrected chi connectivity index (χ1v) is 9.66. The number of esters is 1. The molecule has 2 aliphatic rings. The highest BCUT2D eigenvalue weighted by molar-refractivity contribution is 6.16. The Kier molecular flexibility index (Phi) is 5.31. The van der Waals surface area contributed by atoms with E-state index < -0.39 is 17.7 Å². The van der Waals surface area contributed by atoms with Crippen LogP contribution in [-0.4, -0.2) is 30.2 Å². The number of halogens is 1. The highest BCUT2D eigenvalue weighted by atomic mass is 19.1. The first-order valence-electron chi connectivity index (χ1n) is 9.66. The maximum atomic E-state index is 13.1. The number of piperidine rings is 1. The number of anilines is 2. The molecule has 2 aromatic rings. The van der Waals surface area contributed by atoms with E-state index in [0.29, 0.717) is 30.6 Å². The molecule has 0 bridgehead atoms. The molecule has 2 aliphatic heterocycles. The van der Waals surface area contributed by atoms with Crippen LogP contribution in [0, 0.1) is 11.7 Å². The van der Waals surface area contributed by atoms with Crippen LogP contribution in [0.25, 0.3) is 0 Å². The van der Waals surface area contributed by atoms with Crippen molar-refractivity contribution in [2.75, 3.05) is 16.3 Å². The van der Waals surface area contributed by atoms with Gasteiger partial charge in [-0.1, -0.05) is 6.07 Å². The Morgan fingerprint density at radius 3 is 2.33 bits per heavy atom. The number of nitrogens with zero attached hydrogens (tertiary/aromatic N) is 2. The van der Waals surface area contributed by atoms with Crippen molar-refractivity contribution >= 4 is 35.1 Å². The highest BCUT2D eigenvalue weighted by Crippen LogP contribution is 2.29. The van der Waals surface area contributed by atoms with Crippen LogP contribution in [0.15, 0.2) is 48.5 Å². The third kappa shape index (κ3) is 3.94. The summed E-state index contributed by atoms with van der Waals surface area (Å²) in [6, 6.07) is 11.7. The second-order valence-electron chi connectivity index (χ2n) is 7.28. The number of imide groups is 1. The second kappa shape index (κ2) is 8.06. The number of amides is 3. The summed E-state index contributed by atoms with van der Waals surface area (Å²) >= 11 is 0. The van der Waals surface area contributed by atoms with Gasteiger partial charge in [-0.05, 0) is 42.8 Å². The number of ether oxygens (including phenoxy) is 1. The number of rotatable bonds is 4. The topological polar surface area (TPSA) is 84.0 Å². The molecule has 2 saturated heterocycles. The fourth-order valence-electron chi connectivity index (χ4n) is 3.66. The first-order chi connectivity index (χ1) is 14.4. The summed E-state index contributed by atoms with van der Waals surface area (Å²) in [7, 11) is 0. The Hall–Kier alpha value is -3.55. The van der Waals surface area contributed by atoms with E-state index in [2.05, 4.69) is 0 Å². The van der Waals surface area contributed by atoms with Crippen LogP contribution in [0.5, 0.6) is 5.75 Å². The van der Waals surface area contributed by atoms with E-state index in [4.69, 9.17) is 4.74 Å². The molecule has 154 valence electrons. The Morgan fingerprint density at radius 1 is 0.933 bits per heavy atom. The van der Waals surface area contributed by atoms with Gasteiger partial charge in [-0.3, -0.25) is 24.1 Å². The number of hydrogen-bond donors (Lipinski definition) is 0. The first kappa shape index (κ1) is 19.8. The van der Waals surface area contributed by atoms with Gasteiger partial charge in [0.05, 0.1) is 11.6 Å². The molecule has 0 radical (unpaired) electrons. The largest absolute Gasteiger partial charge is 0.426 e. The Bertz CT molecular complexity index is 1000. The maximum Gasteiger partial charge on any atom is 0.316 e. The van der Waals surface area contributed by atoms with Gasteiger partial charge in [0, 0.05) is 37.6 Å². The molecule has 2 aromatic carbocycles. The number of hydrogen-bond acceptors (Lipinski definition) is 5. The molecular formula is C22H19FN2O5. The van der Waals surface area contributed by atoms with Crippen LogP contribution in [0.2, 0.25) is 0 Å². The number of carbonyl (C=O) groups is 4. The molecule has 8 heteroatoms. The van der Waals surface area contributed by atoms with Gasteiger partial charge >= 0.3 is 5.97 Å². The molecule has 3 amide bonds. The van der Waals surface area contributed by atoms with Crippen molar-refractivity contribution in [2.45, 2.75) is 25.7 Å². The quantitative estimate of drug-likeness (QED) is 0.440. The fourth-order valence-corrected chi connectivity index (χ4v) is 3.66. The molecule has 0 aromatic heterocycles. The molecule has 0 aliphatic carbocycles. The van der Waals surface area contributed by atoms with E-state index in [9.17, 15) is 23.6 Å². The molecule has 0 unspecified atom stereocenters. The summed E-state index contributed by atoms with van der Waals surface area (Å²) in [4.78, 5) is 51.6. The van der Waals surface area contributed by atoms with Crippen molar-refractivity contribution in [3.63, 3.8) is 0 Å². The van der Waals surface area contributed by atoms with Crippen LogP contribution < -0.4 is 14.5 Å². The van der Waals surface area contributed by atoms with Crippen molar-refractivity contribution in [3.8, 4) is 5.75 Å².